The molecule has 0 bridgehead atoms. The van der Waals surface area contributed by atoms with E-state index >= 15 is 0 Å². The highest BCUT2D eigenvalue weighted by Gasteiger charge is 2.15. The van der Waals surface area contributed by atoms with E-state index in [1.807, 2.05) is 26.0 Å². The van der Waals surface area contributed by atoms with E-state index in [0.717, 1.165) is 11.1 Å². The van der Waals surface area contributed by atoms with Crippen LogP contribution in [-0.4, -0.2) is 28.1 Å². The van der Waals surface area contributed by atoms with E-state index < -0.39 is 5.97 Å². The Labute approximate surface area is 201 Å². The van der Waals surface area contributed by atoms with E-state index in [2.05, 4.69) is 5.10 Å². The Morgan fingerprint density at radius 3 is 2.44 bits per heavy atom. The van der Waals surface area contributed by atoms with Crippen LogP contribution in [0.2, 0.25) is 15.2 Å². The second-order valence-electron chi connectivity index (χ2n) is 7.33. The molecule has 32 heavy (non-hydrogen) atoms. The Bertz CT molecular complexity index is 1200. The Morgan fingerprint density at radius 2 is 1.75 bits per heavy atom. The van der Waals surface area contributed by atoms with Gasteiger partial charge in [0, 0.05) is 32.8 Å². The highest BCUT2D eigenvalue weighted by atomic mass is 35.5. The van der Waals surface area contributed by atoms with Crippen LogP contribution in [0.3, 0.4) is 0 Å². The number of carbonyl (C=O) groups is 2. The van der Waals surface area contributed by atoms with Crippen molar-refractivity contribution in [1.82, 2.24) is 9.78 Å². The molecule has 0 atom stereocenters. The molecule has 0 amide bonds. The highest BCUT2D eigenvalue weighted by Crippen LogP contribution is 2.28. The first-order valence-electron chi connectivity index (χ1n) is 9.78. The molecule has 0 aliphatic rings. The van der Waals surface area contributed by atoms with E-state index in [0.29, 0.717) is 37.6 Å². The zero-order chi connectivity index (χ0) is 23.4. The maximum Gasteiger partial charge on any atom is 0.331 e. The van der Waals surface area contributed by atoms with Crippen molar-refractivity contribution in [2.24, 2.45) is 0 Å². The molecular formula is C24H21Cl3N2O3. The summed E-state index contributed by atoms with van der Waals surface area (Å²) in [4.78, 5) is 24.5. The monoisotopic (exact) mass is 490 g/mol. The summed E-state index contributed by atoms with van der Waals surface area (Å²) in [6.45, 7) is 5.44. The lowest BCUT2D eigenvalue weighted by molar-refractivity contribution is -0.136. The summed E-state index contributed by atoms with van der Waals surface area (Å²) in [5, 5.41) is 5.76. The van der Waals surface area contributed by atoms with Gasteiger partial charge in [-0.25, -0.2) is 9.48 Å². The van der Waals surface area contributed by atoms with Crippen LogP contribution in [0.4, 0.5) is 0 Å². The molecule has 5 nitrogen and oxygen atoms in total. The normalized spacial score (nSPS) is 11.2. The molecule has 166 valence electrons. The molecule has 1 heterocycles. The molecule has 1 aromatic heterocycles. The number of carbonyl (C=O) groups excluding carboxylic acids is 2. The zero-order valence-corrected chi connectivity index (χ0v) is 20.1. The third-order valence-corrected chi connectivity index (χ3v) is 6.01. The van der Waals surface area contributed by atoms with Crippen molar-refractivity contribution in [3.8, 4) is 0 Å². The Morgan fingerprint density at radius 1 is 1.06 bits per heavy atom. The number of rotatable bonds is 7. The first-order valence-corrected chi connectivity index (χ1v) is 10.9. The number of ether oxygens (including phenoxy) is 1. The summed E-state index contributed by atoms with van der Waals surface area (Å²) in [6, 6.07) is 10.8. The number of esters is 1. The lowest BCUT2D eigenvalue weighted by atomic mass is 10.0. The SMILES string of the molecule is Cc1ccc(C)c(C(=O)COC(=O)C=Cc2c(C)nn(Cc3c(Cl)cccc3Cl)c2Cl)c1. The lowest BCUT2D eigenvalue weighted by Crippen LogP contribution is -2.13. The summed E-state index contributed by atoms with van der Waals surface area (Å²) in [7, 11) is 0. The Kier molecular flexibility index (Phi) is 7.77. The van der Waals surface area contributed by atoms with Crippen LogP contribution < -0.4 is 0 Å². The van der Waals surface area contributed by atoms with Gasteiger partial charge in [0.25, 0.3) is 0 Å². The average molecular weight is 492 g/mol. The van der Waals surface area contributed by atoms with Crippen molar-refractivity contribution >= 4 is 52.6 Å². The third kappa shape index (κ3) is 5.60. The van der Waals surface area contributed by atoms with Gasteiger partial charge >= 0.3 is 5.97 Å². The topological polar surface area (TPSA) is 61.2 Å². The van der Waals surface area contributed by atoms with Crippen molar-refractivity contribution in [2.45, 2.75) is 27.3 Å². The fraction of sp³-hybridized carbons (Fsp3) is 0.208. The fourth-order valence-electron chi connectivity index (χ4n) is 3.14. The zero-order valence-electron chi connectivity index (χ0n) is 17.8. The summed E-state index contributed by atoms with van der Waals surface area (Å²) >= 11 is 18.9. The van der Waals surface area contributed by atoms with Crippen molar-refractivity contribution in [3.05, 3.63) is 91.2 Å². The van der Waals surface area contributed by atoms with Gasteiger partial charge in [0.1, 0.15) is 5.15 Å². The number of hydrogen-bond acceptors (Lipinski definition) is 4. The van der Waals surface area contributed by atoms with E-state index in [9.17, 15) is 9.59 Å². The molecule has 3 aromatic rings. The van der Waals surface area contributed by atoms with Crippen LogP contribution in [0.1, 0.15) is 38.3 Å². The van der Waals surface area contributed by atoms with Crippen LogP contribution in [0, 0.1) is 20.8 Å². The number of ketones is 1. The van der Waals surface area contributed by atoms with Gasteiger partial charge in [0.2, 0.25) is 5.78 Å². The van der Waals surface area contributed by atoms with Crippen LogP contribution in [0.5, 0.6) is 0 Å². The predicted molar refractivity (Wildman–Crippen MR) is 128 cm³/mol. The summed E-state index contributed by atoms with van der Waals surface area (Å²) < 4.78 is 6.66. The van der Waals surface area contributed by atoms with Crippen molar-refractivity contribution in [2.75, 3.05) is 6.61 Å². The van der Waals surface area contributed by atoms with Gasteiger partial charge in [-0.1, -0.05) is 58.6 Å². The fourth-order valence-corrected chi connectivity index (χ4v) is 3.96. The van der Waals surface area contributed by atoms with E-state index in [1.165, 1.54) is 12.2 Å². The van der Waals surface area contributed by atoms with Gasteiger partial charge in [-0.2, -0.15) is 5.10 Å². The number of halogens is 3. The van der Waals surface area contributed by atoms with E-state index in [1.54, 1.807) is 35.9 Å². The Hall–Kier alpha value is -2.60. The molecule has 0 aliphatic carbocycles. The second-order valence-corrected chi connectivity index (χ2v) is 8.50. The predicted octanol–water partition coefficient (Wildman–Crippen LogP) is 6.26. The number of hydrogen-bond donors (Lipinski definition) is 0. The van der Waals surface area contributed by atoms with Gasteiger partial charge in [-0.3, -0.25) is 4.79 Å². The number of Topliss-reactive ketones (excluding diaryl/α,β-unsaturated/α-hetero) is 1. The van der Waals surface area contributed by atoms with Crippen molar-refractivity contribution < 1.29 is 14.3 Å². The Balaban J connectivity index is 1.68. The van der Waals surface area contributed by atoms with Gasteiger partial charge in [-0.15, -0.1) is 0 Å². The number of aromatic nitrogens is 2. The minimum Gasteiger partial charge on any atom is -0.454 e. The molecule has 0 N–H and O–H groups in total. The lowest BCUT2D eigenvalue weighted by Gasteiger charge is -2.08. The third-order valence-electron chi connectivity index (χ3n) is 4.90. The van der Waals surface area contributed by atoms with Gasteiger partial charge in [0.05, 0.1) is 12.2 Å². The molecule has 0 spiro atoms. The van der Waals surface area contributed by atoms with Gasteiger partial charge in [-0.05, 0) is 50.6 Å². The average Bonchev–Trinajstić information content (AvgIpc) is 3.01. The number of nitrogens with zero attached hydrogens (tertiary/aromatic N) is 2. The van der Waals surface area contributed by atoms with E-state index in [-0.39, 0.29) is 18.9 Å². The minimum absolute atomic E-state index is 0.258. The van der Waals surface area contributed by atoms with Crippen LogP contribution >= 0.6 is 34.8 Å². The maximum atomic E-state index is 12.4. The van der Waals surface area contributed by atoms with Crippen LogP contribution in [-0.2, 0) is 16.1 Å². The van der Waals surface area contributed by atoms with Gasteiger partial charge in [0.15, 0.2) is 6.61 Å². The second kappa shape index (κ2) is 10.3. The summed E-state index contributed by atoms with van der Waals surface area (Å²) in [5.74, 6) is -0.910. The molecule has 3 rings (SSSR count). The molecular weight excluding hydrogens is 471 g/mol. The highest BCUT2D eigenvalue weighted by molar-refractivity contribution is 6.36. The molecule has 0 saturated heterocycles. The molecule has 0 unspecified atom stereocenters. The summed E-state index contributed by atoms with van der Waals surface area (Å²) in [6.07, 6.45) is 2.74. The van der Waals surface area contributed by atoms with Gasteiger partial charge < -0.3 is 4.74 Å². The number of aryl methyl sites for hydroxylation is 3. The number of benzene rings is 2. The minimum atomic E-state index is -0.652. The molecule has 8 heteroatoms. The molecule has 0 fully saturated rings. The maximum absolute atomic E-state index is 12.4. The van der Waals surface area contributed by atoms with Crippen LogP contribution in [0.25, 0.3) is 6.08 Å². The molecule has 0 aliphatic heterocycles. The van der Waals surface area contributed by atoms with Crippen molar-refractivity contribution in [3.63, 3.8) is 0 Å². The van der Waals surface area contributed by atoms with Crippen LogP contribution in [0.15, 0.2) is 42.5 Å². The summed E-state index contributed by atoms with van der Waals surface area (Å²) in [5.41, 5.74) is 4.22. The first kappa shape index (κ1) is 24.1. The quantitative estimate of drug-likeness (QED) is 0.222. The largest absolute Gasteiger partial charge is 0.454 e. The first-order chi connectivity index (χ1) is 15.2. The van der Waals surface area contributed by atoms with Crippen molar-refractivity contribution in [1.29, 1.82) is 0 Å². The molecule has 0 saturated carbocycles. The molecule has 2 aromatic carbocycles. The van der Waals surface area contributed by atoms with E-state index in [4.69, 9.17) is 39.5 Å². The smallest absolute Gasteiger partial charge is 0.331 e. The standard InChI is InChI=1S/C24H21Cl3N2O3/c1-14-7-8-15(2)18(11-14)22(30)13-32-23(31)10-9-17-16(3)28-29(24(17)27)12-19-20(25)5-4-6-21(19)26/h4-11H,12-13H2,1-3H3. The molecule has 0 radical (unpaired) electrons.